The second kappa shape index (κ2) is 6.88. The van der Waals surface area contributed by atoms with E-state index in [1.807, 2.05) is 6.92 Å². The molecule has 0 spiro atoms. The lowest BCUT2D eigenvalue weighted by molar-refractivity contribution is 0.0527. The van der Waals surface area contributed by atoms with Gasteiger partial charge in [-0.2, -0.15) is 0 Å². The Hall–Kier alpha value is -2.96. The summed E-state index contributed by atoms with van der Waals surface area (Å²) in [5.74, 6) is -0.354. The van der Waals surface area contributed by atoms with Crippen molar-refractivity contribution >= 4 is 17.0 Å². The van der Waals surface area contributed by atoms with Gasteiger partial charge in [0.05, 0.1) is 18.7 Å². The molecule has 0 amide bonds. The molecule has 0 aliphatic heterocycles. The zero-order chi connectivity index (χ0) is 18.0. The van der Waals surface area contributed by atoms with Crippen molar-refractivity contribution in [1.82, 2.24) is 15.0 Å². The summed E-state index contributed by atoms with van der Waals surface area (Å²) in [5, 5.41) is 0. The minimum atomic E-state index is -0.458. The number of esters is 1. The van der Waals surface area contributed by atoms with Gasteiger partial charge in [-0.1, -0.05) is 0 Å². The number of aryl methyl sites for hydroxylation is 1. The molecule has 0 aliphatic rings. The monoisotopic (exact) mass is 343 g/mol. The average Bonchev–Trinajstić information content (AvgIpc) is 2.92. The highest BCUT2D eigenvalue weighted by molar-refractivity contribution is 6.07. The van der Waals surface area contributed by atoms with Gasteiger partial charge in [0.2, 0.25) is 0 Å². The number of nitrogens with one attached hydrogen (secondary N) is 1. The molecule has 1 N–H and O–H groups in total. The van der Waals surface area contributed by atoms with Gasteiger partial charge in [0.15, 0.2) is 0 Å². The minimum absolute atomic E-state index is 0.265. The Kier molecular flexibility index (Phi) is 4.65. The van der Waals surface area contributed by atoms with Gasteiger partial charge in [0.1, 0.15) is 34.7 Å². The molecule has 0 bridgehead atoms. The maximum atomic E-state index is 13.8. The van der Waals surface area contributed by atoms with E-state index in [0.29, 0.717) is 45.9 Å². The van der Waals surface area contributed by atoms with Crippen LogP contribution in [0.5, 0.6) is 5.75 Å². The highest BCUT2D eigenvalue weighted by Crippen LogP contribution is 2.34. The minimum Gasteiger partial charge on any atom is -0.493 e. The molecule has 3 rings (SSSR count). The van der Waals surface area contributed by atoms with Crippen molar-refractivity contribution in [3.05, 3.63) is 41.6 Å². The normalized spacial score (nSPS) is 10.9. The lowest BCUT2D eigenvalue weighted by atomic mass is 10.1. The van der Waals surface area contributed by atoms with Crippen LogP contribution >= 0.6 is 0 Å². The molecular formula is C18H18FN3O3. The van der Waals surface area contributed by atoms with E-state index in [1.54, 1.807) is 19.9 Å². The van der Waals surface area contributed by atoms with Gasteiger partial charge in [-0.3, -0.25) is 0 Å². The molecule has 2 heterocycles. The van der Waals surface area contributed by atoms with Crippen LogP contribution in [0, 0.1) is 12.7 Å². The molecule has 25 heavy (non-hydrogen) atoms. The predicted molar refractivity (Wildman–Crippen MR) is 91.1 cm³/mol. The van der Waals surface area contributed by atoms with Crippen molar-refractivity contribution in [2.75, 3.05) is 13.2 Å². The van der Waals surface area contributed by atoms with E-state index in [4.69, 9.17) is 9.47 Å². The van der Waals surface area contributed by atoms with Gasteiger partial charge in [0, 0.05) is 11.3 Å². The second-order valence-electron chi connectivity index (χ2n) is 5.36. The van der Waals surface area contributed by atoms with Gasteiger partial charge in [-0.05, 0) is 39.0 Å². The number of rotatable bonds is 5. The molecule has 7 heteroatoms. The van der Waals surface area contributed by atoms with Crippen molar-refractivity contribution in [3.8, 4) is 17.0 Å². The van der Waals surface area contributed by atoms with Crippen LogP contribution in [0.3, 0.4) is 0 Å². The van der Waals surface area contributed by atoms with Crippen LogP contribution in [0.1, 0.15) is 29.9 Å². The lowest BCUT2D eigenvalue weighted by Gasteiger charge is -2.10. The summed E-state index contributed by atoms with van der Waals surface area (Å²) in [4.78, 5) is 23.8. The first-order valence-corrected chi connectivity index (χ1v) is 7.99. The van der Waals surface area contributed by atoms with Crippen LogP contribution in [-0.2, 0) is 4.74 Å². The van der Waals surface area contributed by atoms with E-state index in [0.717, 1.165) is 0 Å². The van der Waals surface area contributed by atoms with E-state index in [1.165, 1.54) is 18.5 Å². The van der Waals surface area contributed by atoms with Crippen LogP contribution < -0.4 is 4.74 Å². The molecule has 0 saturated heterocycles. The van der Waals surface area contributed by atoms with Gasteiger partial charge in [-0.25, -0.2) is 19.2 Å². The molecule has 0 unspecified atom stereocenters. The zero-order valence-electron chi connectivity index (χ0n) is 14.2. The third-order valence-corrected chi connectivity index (χ3v) is 3.75. The summed E-state index contributed by atoms with van der Waals surface area (Å²) >= 11 is 0. The summed E-state index contributed by atoms with van der Waals surface area (Å²) in [6.45, 7) is 6.04. The van der Waals surface area contributed by atoms with Gasteiger partial charge in [0.25, 0.3) is 0 Å². The van der Waals surface area contributed by atoms with Crippen molar-refractivity contribution in [1.29, 1.82) is 0 Å². The highest BCUT2D eigenvalue weighted by Gasteiger charge is 2.22. The number of aromatic nitrogens is 3. The number of ether oxygens (including phenoxy) is 2. The fourth-order valence-electron chi connectivity index (χ4n) is 2.75. The third kappa shape index (κ3) is 3.05. The quantitative estimate of drug-likeness (QED) is 0.716. The number of carbonyl (C=O) groups is 1. The Labute approximate surface area is 144 Å². The predicted octanol–water partition coefficient (Wildman–Crippen LogP) is 3.65. The first-order chi connectivity index (χ1) is 12.1. The Bertz CT molecular complexity index is 937. The maximum Gasteiger partial charge on any atom is 0.342 e. The van der Waals surface area contributed by atoms with Crippen molar-refractivity contribution in [3.63, 3.8) is 0 Å². The molecule has 0 saturated carbocycles. The summed E-state index contributed by atoms with van der Waals surface area (Å²) in [5.41, 5.74) is 2.90. The molecule has 1 aromatic carbocycles. The zero-order valence-corrected chi connectivity index (χ0v) is 14.2. The van der Waals surface area contributed by atoms with E-state index < -0.39 is 11.8 Å². The van der Waals surface area contributed by atoms with Crippen LogP contribution in [0.4, 0.5) is 4.39 Å². The summed E-state index contributed by atoms with van der Waals surface area (Å²) in [6.07, 6.45) is 1.34. The third-order valence-electron chi connectivity index (χ3n) is 3.75. The maximum absolute atomic E-state index is 13.8. The number of fused-ring (bicyclic) bond motifs is 1. The highest BCUT2D eigenvalue weighted by atomic mass is 19.1. The molecule has 6 nitrogen and oxygen atoms in total. The first-order valence-electron chi connectivity index (χ1n) is 7.99. The number of nitrogens with zero attached hydrogens (tertiary/aromatic N) is 2. The standard InChI is InChI=1S/C18H18FN3O3/c1-4-24-13-7-6-11(19)8-12(13)15-17-16(21-9-20-15)14(10(3)22-17)18(23)25-5-2/h6-9,22H,4-5H2,1-3H3. The number of aromatic amines is 1. The summed E-state index contributed by atoms with van der Waals surface area (Å²) in [7, 11) is 0. The van der Waals surface area contributed by atoms with Crippen LogP contribution in [-0.4, -0.2) is 34.1 Å². The fourth-order valence-corrected chi connectivity index (χ4v) is 2.75. The summed E-state index contributed by atoms with van der Waals surface area (Å²) < 4.78 is 24.5. The number of benzene rings is 1. The van der Waals surface area contributed by atoms with Crippen molar-refractivity contribution in [2.24, 2.45) is 0 Å². The smallest absolute Gasteiger partial charge is 0.342 e. The summed E-state index contributed by atoms with van der Waals surface area (Å²) in [6, 6.07) is 4.24. The van der Waals surface area contributed by atoms with Crippen LogP contribution in [0.2, 0.25) is 0 Å². The number of carbonyl (C=O) groups excluding carboxylic acids is 1. The lowest BCUT2D eigenvalue weighted by Crippen LogP contribution is -2.06. The number of hydrogen-bond acceptors (Lipinski definition) is 5. The van der Waals surface area contributed by atoms with Crippen molar-refractivity contribution in [2.45, 2.75) is 20.8 Å². The SMILES string of the molecule is CCOC(=O)c1c(C)[nH]c2c(-c3cc(F)ccc3OCC)ncnc12. The molecule has 0 aliphatic carbocycles. The van der Waals surface area contributed by atoms with E-state index in [9.17, 15) is 9.18 Å². The number of hydrogen-bond donors (Lipinski definition) is 1. The van der Waals surface area contributed by atoms with E-state index >= 15 is 0 Å². The topological polar surface area (TPSA) is 77.1 Å². The molecule has 2 aromatic heterocycles. The molecule has 0 radical (unpaired) electrons. The average molecular weight is 343 g/mol. The largest absolute Gasteiger partial charge is 0.493 e. The van der Waals surface area contributed by atoms with Gasteiger partial charge >= 0.3 is 5.97 Å². The Morgan fingerprint density at radius 3 is 2.76 bits per heavy atom. The van der Waals surface area contributed by atoms with Crippen LogP contribution in [0.25, 0.3) is 22.3 Å². The van der Waals surface area contributed by atoms with Crippen LogP contribution in [0.15, 0.2) is 24.5 Å². The molecular weight excluding hydrogens is 325 g/mol. The van der Waals surface area contributed by atoms with Gasteiger partial charge < -0.3 is 14.5 Å². The Morgan fingerprint density at radius 1 is 1.24 bits per heavy atom. The number of H-pyrrole nitrogens is 1. The molecule has 0 atom stereocenters. The van der Waals surface area contributed by atoms with Crippen molar-refractivity contribution < 1.29 is 18.7 Å². The van der Waals surface area contributed by atoms with Gasteiger partial charge in [-0.15, -0.1) is 0 Å². The molecule has 0 fully saturated rings. The number of halogens is 1. The second-order valence-corrected chi connectivity index (χ2v) is 5.36. The Morgan fingerprint density at radius 2 is 2.04 bits per heavy atom. The van der Waals surface area contributed by atoms with E-state index in [-0.39, 0.29) is 6.61 Å². The Balaban J connectivity index is 2.24. The fraction of sp³-hybridized carbons (Fsp3) is 0.278. The van der Waals surface area contributed by atoms with E-state index in [2.05, 4.69) is 15.0 Å². The first kappa shape index (κ1) is 16.9. The molecule has 3 aromatic rings. The molecule has 130 valence electrons.